The average molecular weight is 317 g/mol. The molecule has 23 heavy (non-hydrogen) atoms. The van der Waals surface area contributed by atoms with Crippen molar-refractivity contribution in [3.63, 3.8) is 0 Å². The first-order valence-corrected chi connectivity index (χ1v) is 7.32. The van der Waals surface area contributed by atoms with Gasteiger partial charge in [0.05, 0.1) is 24.3 Å². The Morgan fingerprint density at radius 3 is 2.65 bits per heavy atom. The standard InChI is InChI=1S/C17H19NO5/c1-2-22-16(20)13-9-6-10-14(19)15(13)18-17(21)23-11-12-7-4-3-5-8-12/h3-10,14-15,19H,2,11H2,1H3,(H,18,21)/t14-,15-/m1/s1. The molecule has 6 nitrogen and oxygen atoms in total. The van der Waals surface area contributed by atoms with Gasteiger partial charge in [-0.1, -0.05) is 42.5 Å². The fraction of sp³-hybridized carbons (Fsp3) is 0.294. The van der Waals surface area contributed by atoms with E-state index in [2.05, 4.69) is 5.32 Å². The molecule has 0 saturated carbocycles. The van der Waals surface area contributed by atoms with Gasteiger partial charge in [0.1, 0.15) is 6.61 Å². The van der Waals surface area contributed by atoms with Gasteiger partial charge in [-0.25, -0.2) is 9.59 Å². The zero-order chi connectivity index (χ0) is 16.7. The quantitative estimate of drug-likeness (QED) is 0.808. The largest absolute Gasteiger partial charge is 0.463 e. The number of allylic oxidation sites excluding steroid dienone is 2. The number of aliphatic hydroxyl groups excluding tert-OH is 1. The van der Waals surface area contributed by atoms with Crippen molar-refractivity contribution < 1.29 is 24.2 Å². The first-order chi connectivity index (χ1) is 11.1. The number of nitrogens with one attached hydrogen (secondary N) is 1. The molecule has 0 bridgehead atoms. The SMILES string of the molecule is CCOC(=O)C1=CC=C[C@@H](O)[C@@H]1NC(=O)OCc1ccccc1. The van der Waals surface area contributed by atoms with Gasteiger partial charge < -0.3 is 19.9 Å². The normalized spacial score (nSPS) is 19.7. The Kier molecular flexibility index (Phi) is 5.94. The van der Waals surface area contributed by atoms with E-state index in [-0.39, 0.29) is 18.8 Å². The Bertz CT molecular complexity index is 609. The minimum atomic E-state index is -1.02. The predicted octanol–water partition coefficient (Wildman–Crippen LogP) is 1.70. The summed E-state index contributed by atoms with van der Waals surface area (Å²) in [5, 5.41) is 12.5. The molecule has 0 unspecified atom stereocenters. The summed E-state index contributed by atoms with van der Waals surface area (Å²) in [7, 11) is 0. The Balaban J connectivity index is 1.96. The lowest BCUT2D eigenvalue weighted by molar-refractivity contribution is -0.139. The zero-order valence-electron chi connectivity index (χ0n) is 12.8. The number of alkyl carbamates (subject to hydrolysis) is 1. The molecule has 2 atom stereocenters. The van der Waals surface area contributed by atoms with E-state index in [1.165, 1.54) is 12.2 Å². The summed E-state index contributed by atoms with van der Waals surface area (Å²) in [6.45, 7) is 2.00. The molecule has 0 saturated heterocycles. The molecule has 2 N–H and O–H groups in total. The van der Waals surface area contributed by atoms with Crippen molar-refractivity contribution in [3.05, 3.63) is 59.7 Å². The molecule has 0 radical (unpaired) electrons. The molecule has 1 aromatic carbocycles. The molecule has 1 amide bonds. The molecule has 1 aromatic rings. The number of ether oxygens (including phenoxy) is 2. The molecule has 0 heterocycles. The molecular weight excluding hydrogens is 298 g/mol. The van der Waals surface area contributed by atoms with Gasteiger partial charge in [0.25, 0.3) is 0 Å². The second kappa shape index (κ2) is 8.14. The van der Waals surface area contributed by atoms with Crippen LogP contribution in [0.4, 0.5) is 4.79 Å². The third-order valence-electron chi connectivity index (χ3n) is 3.26. The monoisotopic (exact) mass is 317 g/mol. The number of benzene rings is 1. The van der Waals surface area contributed by atoms with E-state index >= 15 is 0 Å². The van der Waals surface area contributed by atoms with Crippen molar-refractivity contribution in [3.8, 4) is 0 Å². The summed E-state index contributed by atoms with van der Waals surface area (Å²) >= 11 is 0. The lowest BCUT2D eigenvalue weighted by Crippen LogP contribution is -2.47. The second-order valence-corrected chi connectivity index (χ2v) is 4.90. The Labute approximate surface area is 134 Å². The zero-order valence-corrected chi connectivity index (χ0v) is 12.8. The highest BCUT2D eigenvalue weighted by Gasteiger charge is 2.31. The average Bonchev–Trinajstić information content (AvgIpc) is 2.56. The summed E-state index contributed by atoms with van der Waals surface area (Å²) in [5.74, 6) is -0.579. The van der Waals surface area contributed by atoms with Crippen LogP contribution in [-0.2, 0) is 20.9 Å². The highest BCUT2D eigenvalue weighted by Crippen LogP contribution is 2.16. The number of carbonyl (C=O) groups is 2. The van der Waals surface area contributed by atoms with Gasteiger partial charge in [0, 0.05) is 0 Å². The summed E-state index contributed by atoms with van der Waals surface area (Å²) in [6, 6.07) is 8.31. The van der Waals surface area contributed by atoms with Crippen molar-refractivity contribution in [2.75, 3.05) is 6.61 Å². The molecular formula is C17H19NO5. The molecule has 0 aromatic heterocycles. The van der Waals surface area contributed by atoms with Gasteiger partial charge in [-0.2, -0.15) is 0 Å². The van der Waals surface area contributed by atoms with Crippen LogP contribution in [0.15, 0.2) is 54.1 Å². The van der Waals surface area contributed by atoms with E-state index in [1.807, 2.05) is 30.3 Å². The van der Waals surface area contributed by atoms with E-state index in [1.54, 1.807) is 13.0 Å². The van der Waals surface area contributed by atoms with Crippen LogP contribution in [0.2, 0.25) is 0 Å². The number of carbonyl (C=O) groups excluding carboxylic acids is 2. The van der Waals surface area contributed by atoms with Gasteiger partial charge in [0.15, 0.2) is 0 Å². The van der Waals surface area contributed by atoms with Gasteiger partial charge in [0.2, 0.25) is 0 Å². The van der Waals surface area contributed by atoms with Crippen molar-refractivity contribution in [1.29, 1.82) is 0 Å². The van der Waals surface area contributed by atoms with Crippen LogP contribution in [0, 0.1) is 0 Å². The number of esters is 1. The lowest BCUT2D eigenvalue weighted by atomic mass is 9.96. The smallest absolute Gasteiger partial charge is 0.408 e. The van der Waals surface area contributed by atoms with Crippen LogP contribution < -0.4 is 5.32 Å². The molecule has 0 spiro atoms. The van der Waals surface area contributed by atoms with Gasteiger partial charge in [-0.05, 0) is 18.6 Å². The van der Waals surface area contributed by atoms with Crippen LogP contribution >= 0.6 is 0 Å². The number of amides is 1. The molecule has 6 heteroatoms. The third kappa shape index (κ3) is 4.69. The molecule has 2 rings (SSSR count). The predicted molar refractivity (Wildman–Crippen MR) is 83.4 cm³/mol. The van der Waals surface area contributed by atoms with Crippen molar-refractivity contribution in [2.45, 2.75) is 25.7 Å². The van der Waals surface area contributed by atoms with E-state index in [4.69, 9.17) is 9.47 Å². The molecule has 0 fully saturated rings. The molecule has 0 aliphatic heterocycles. The summed E-state index contributed by atoms with van der Waals surface area (Å²) < 4.78 is 10.0. The van der Waals surface area contributed by atoms with Crippen molar-refractivity contribution in [1.82, 2.24) is 5.32 Å². The van der Waals surface area contributed by atoms with Crippen LogP contribution in [0.3, 0.4) is 0 Å². The van der Waals surface area contributed by atoms with Crippen molar-refractivity contribution in [2.24, 2.45) is 0 Å². The van der Waals surface area contributed by atoms with Crippen LogP contribution in [0.5, 0.6) is 0 Å². The van der Waals surface area contributed by atoms with E-state index in [0.29, 0.717) is 0 Å². The van der Waals surface area contributed by atoms with Gasteiger partial charge in [-0.3, -0.25) is 0 Å². The van der Waals surface area contributed by atoms with Crippen LogP contribution in [0.1, 0.15) is 12.5 Å². The highest BCUT2D eigenvalue weighted by atomic mass is 16.5. The van der Waals surface area contributed by atoms with E-state index in [0.717, 1.165) is 5.56 Å². The van der Waals surface area contributed by atoms with E-state index in [9.17, 15) is 14.7 Å². The van der Waals surface area contributed by atoms with Crippen molar-refractivity contribution >= 4 is 12.1 Å². The minimum absolute atomic E-state index is 0.101. The third-order valence-corrected chi connectivity index (χ3v) is 3.26. The van der Waals surface area contributed by atoms with Gasteiger partial charge >= 0.3 is 12.1 Å². The van der Waals surface area contributed by atoms with Crippen LogP contribution in [-0.4, -0.2) is 35.9 Å². The fourth-order valence-corrected chi connectivity index (χ4v) is 2.14. The maximum atomic E-state index is 11.9. The summed E-state index contributed by atoms with van der Waals surface area (Å²) in [6.07, 6.45) is 2.79. The Morgan fingerprint density at radius 1 is 1.22 bits per heavy atom. The topological polar surface area (TPSA) is 84.9 Å². The Morgan fingerprint density at radius 2 is 1.96 bits per heavy atom. The second-order valence-electron chi connectivity index (χ2n) is 4.90. The highest BCUT2D eigenvalue weighted by molar-refractivity contribution is 5.91. The maximum Gasteiger partial charge on any atom is 0.408 e. The fourth-order valence-electron chi connectivity index (χ4n) is 2.14. The number of hydrogen-bond donors (Lipinski definition) is 2. The summed E-state index contributed by atoms with van der Waals surface area (Å²) in [5.41, 5.74) is 1.02. The minimum Gasteiger partial charge on any atom is -0.463 e. The molecule has 122 valence electrons. The first-order valence-electron chi connectivity index (χ1n) is 7.32. The van der Waals surface area contributed by atoms with Gasteiger partial charge in [-0.15, -0.1) is 0 Å². The number of hydrogen-bond acceptors (Lipinski definition) is 5. The number of rotatable bonds is 5. The Hall–Kier alpha value is -2.60. The van der Waals surface area contributed by atoms with E-state index < -0.39 is 24.2 Å². The maximum absolute atomic E-state index is 11.9. The van der Waals surface area contributed by atoms with Crippen LogP contribution in [0.25, 0.3) is 0 Å². The number of aliphatic hydroxyl groups is 1. The first kappa shape index (κ1) is 16.8. The lowest BCUT2D eigenvalue weighted by Gasteiger charge is -2.25. The molecule has 1 aliphatic carbocycles. The summed E-state index contributed by atoms with van der Waals surface area (Å²) in [4.78, 5) is 23.8. The molecule has 1 aliphatic rings.